The molecule has 1 aliphatic rings. The van der Waals surface area contributed by atoms with Gasteiger partial charge in [0, 0.05) is 6.54 Å². The minimum absolute atomic E-state index is 0.0648. The summed E-state index contributed by atoms with van der Waals surface area (Å²) >= 11 is 0. The van der Waals surface area contributed by atoms with Gasteiger partial charge in [-0.1, -0.05) is 13.8 Å². The van der Waals surface area contributed by atoms with Crippen molar-refractivity contribution in [2.24, 2.45) is 17.8 Å². The molecule has 0 saturated carbocycles. The third-order valence-electron chi connectivity index (χ3n) is 2.62. The molecular weight excluding hydrogens is 154 g/mol. The molecule has 1 N–H and O–H groups in total. The Balaban J connectivity index is 2.57. The van der Waals surface area contributed by atoms with Crippen LogP contribution in [0.25, 0.3) is 0 Å². The maximum Gasteiger partial charge on any atom is 0.310 e. The lowest BCUT2D eigenvalue weighted by Gasteiger charge is -2.19. The monoisotopic (exact) mass is 171 g/mol. The van der Waals surface area contributed by atoms with Gasteiger partial charge >= 0.3 is 5.97 Å². The molecule has 1 heterocycles. The van der Waals surface area contributed by atoms with Crippen LogP contribution in [-0.4, -0.2) is 26.2 Å². The van der Waals surface area contributed by atoms with Crippen molar-refractivity contribution in [1.29, 1.82) is 0 Å². The highest BCUT2D eigenvalue weighted by Gasteiger charge is 2.35. The van der Waals surface area contributed by atoms with Crippen LogP contribution in [0.4, 0.5) is 0 Å². The van der Waals surface area contributed by atoms with Crippen LogP contribution in [0.5, 0.6) is 0 Å². The van der Waals surface area contributed by atoms with E-state index in [1.54, 1.807) is 0 Å². The summed E-state index contributed by atoms with van der Waals surface area (Å²) < 4.78 is 4.74. The molecule has 1 saturated heterocycles. The van der Waals surface area contributed by atoms with Crippen molar-refractivity contribution in [2.45, 2.75) is 13.8 Å². The standard InChI is InChI=1S/C9H17NO2/c1-6(2)7-4-10-5-8(7)9(11)12-3/h6-8,10H,4-5H2,1-3H3/t7-,8+/m1/s1. The summed E-state index contributed by atoms with van der Waals surface area (Å²) in [7, 11) is 1.46. The van der Waals surface area contributed by atoms with Gasteiger partial charge < -0.3 is 10.1 Å². The van der Waals surface area contributed by atoms with Crippen molar-refractivity contribution in [3.8, 4) is 0 Å². The van der Waals surface area contributed by atoms with Crippen molar-refractivity contribution in [2.75, 3.05) is 20.2 Å². The van der Waals surface area contributed by atoms with Gasteiger partial charge in [0.15, 0.2) is 0 Å². The number of ether oxygens (including phenoxy) is 1. The predicted octanol–water partition coefficient (Wildman–Crippen LogP) is 0.651. The zero-order chi connectivity index (χ0) is 9.14. The van der Waals surface area contributed by atoms with Gasteiger partial charge in [-0.2, -0.15) is 0 Å². The van der Waals surface area contributed by atoms with Crippen LogP contribution in [-0.2, 0) is 9.53 Å². The van der Waals surface area contributed by atoms with Crippen LogP contribution in [0.3, 0.4) is 0 Å². The smallest absolute Gasteiger partial charge is 0.310 e. The number of hydrogen-bond acceptors (Lipinski definition) is 3. The van der Waals surface area contributed by atoms with Gasteiger partial charge in [0.1, 0.15) is 0 Å². The number of hydrogen-bond donors (Lipinski definition) is 1. The van der Waals surface area contributed by atoms with Crippen molar-refractivity contribution in [3.05, 3.63) is 0 Å². The first-order chi connectivity index (χ1) is 5.66. The number of methoxy groups -OCH3 is 1. The van der Waals surface area contributed by atoms with Crippen LogP contribution in [0.1, 0.15) is 13.8 Å². The first-order valence-electron chi connectivity index (χ1n) is 4.45. The molecule has 1 aliphatic heterocycles. The molecule has 0 aliphatic carbocycles. The van der Waals surface area contributed by atoms with Crippen LogP contribution in [0.2, 0.25) is 0 Å². The topological polar surface area (TPSA) is 38.3 Å². The summed E-state index contributed by atoms with van der Waals surface area (Å²) in [5, 5.41) is 3.22. The van der Waals surface area contributed by atoms with E-state index in [0.717, 1.165) is 13.1 Å². The molecule has 12 heavy (non-hydrogen) atoms. The second kappa shape index (κ2) is 3.90. The minimum Gasteiger partial charge on any atom is -0.469 e. The van der Waals surface area contributed by atoms with Gasteiger partial charge in [-0.05, 0) is 18.4 Å². The SMILES string of the molecule is COC(=O)[C@H]1CNC[C@@H]1C(C)C. The summed E-state index contributed by atoms with van der Waals surface area (Å²) in [5.41, 5.74) is 0. The van der Waals surface area contributed by atoms with Gasteiger partial charge in [0.05, 0.1) is 13.0 Å². The second-order valence-corrected chi connectivity index (χ2v) is 3.70. The van der Waals surface area contributed by atoms with E-state index in [1.165, 1.54) is 7.11 Å². The molecule has 0 unspecified atom stereocenters. The molecule has 3 nitrogen and oxygen atoms in total. The molecular formula is C9H17NO2. The van der Waals surface area contributed by atoms with Gasteiger partial charge in [0.2, 0.25) is 0 Å². The zero-order valence-electron chi connectivity index (χ0n) is 7.96. The fourth-order valence-corrected chi connectivity index (χ4v) is 1.81. The molecule has 0 aromatic carbocycles. The van der Waals surface area contributed by atoms with E-state index < -0.39 is 0 Å². The Morgan fingerprint density at radius 2 is 2.17 bits per heavy atom. The van der Waals surface area contributed by atoms with E-state index in [4.69, 9.17) is 4.74 Å². The van der Waals surface area contributed by atoms with Crippen molar-refractivity contribution in [3.63, 3.8) is 0 Å². The van der Waals surface area contributed by atoms with E-state index >= 15 is 0 Å². The third kappa shape index (κ3) is 1.78. The summed E-state index contributed by atoms with van der Waals surface area (Å²) in [4.78, 5) is 11.3. The molecule has 2 atom stereocenters. The Morgan fingerprint density at radius 3 is 2.67 bits per heavy atom. The normalized spacial score (nSPS) is 29.3. The van der Waals surface area contributed by atoms with E-state index in [2.05, 4.69) is 19.2 Å². The summed E-state index contributed by atoms with van der Waals surface area (Å²) in [5.74, 6) is 0.982. The fourth-order valence-electron chi connectivity index (χ4n) is 1.81. The van der Waals surface area contributed by atoms with Crippen LogP contribution >= 0.6 is 0 Å². The van der Waals surface area contributed by atoms with Crippen molar-refractivity contribution < 1.29 is 9.53 Å². The van der Waals surface area contributed by atoms with Crippen LogP contribution < -0.4 is 5.32 Å². The zero-order valence-corrected chi connectivity index (χ0v) is 7.96. The number of carbonyl (C=O) groups is 1. The highest BCUT2D eigenvalue weighted by Crippen LogP contribution is 2.25. The molecule has 0 amide bonds. The quantitative estimate of drug-likeness (QED) is 0.620. The first kappa shape index (κ1) is 9.52. The number of nitrogens with one attached hydrogen (secondary N) is 1. The van der Waals surface area contributed by atoms with E-state index in [0.29, 0.717) is 11.8 Å². The largest absolute Gasteiger partial charge is 0.469 e. The lowest BCUT2D eigenvalue weighted by atomic mass is 9.86. The van der Waals surface area contributed by atoms with Crippen LogP contribution in [0, 0.1) is 17.8 Å². The average molecular weight is 171 g/mol. The molecule has 0 spiro atoms. The van der Waals surface area contributed by atoms with Crippen molar-refractivity contribution >= 4 is 5.97 Å². The Morgan fingerprint density at radius 1 is 1.50 bits per heavy atom. The highest BCUT2D eigenvalue weighted by atomic mass is 16.5. The van der Waals surface area contributed by atoms with Gasteiger partial charge in [0.25, 0.3) is 0 Å². The fraction of sp³-hybridized carbons (Fsp3) is 0.889. The maximum atomic E-state index is 11.3. The first-order valence-corrected chi connectivity index (χ1v) is 4.45. The average Bonchev–Trinajstić information content (AvgIpc) is 2.50. The second-order valence-electron chi connectivity index (χ2n) is 3.70. The van der Waals surface area contributed by atoms with Crippen LogP contribution in [0.15, 0.2) is 0 Å². The molecule has 3 heteroatoms. The molecule has 0 radical (unpaired) electrons. The molecule has 1 rings (SSSR count). The maximum absolute atomic E-state index is 11.3. The van der Waals surface area contributed by atoms with Gasteiger partial charge in [-0.25, -0.2) is 0 Å². The molecule has 0 bridgehead atoms. The Kier molecular flexibility index (Phi) is 3.09. The Bertz CT molecular complexity index is 168. The molecule has 0 aromatic heterocycles. The summed E-state index contributed by atoms with van der Waals surface area (Å²) in [6.45, 7) is 6.01. The number of rotatable bonds is 2. The van der Waals surface area contributed by atoms with E-state index in [-0.39, 0.29) is 11.9 Å². The highest BCUT2D eigenvalue weighted by molar-refractivity contribution is 5.73. The lowest BCUT2D eigenvalue weighted by molar-refractivity contribution is -0.146. The summed E-state index contributed by atoms with van der Waals surface area (Å²) in [6, 6.07) is 0. The minimum atomic E-state index is -0.0706. The predicted molar refractivity (Wildman–Crippen MR) is 46.7 cm³/mol. The van der Waals surface area contributed by atoms with Crippen molar-refractivity contribution in [1.82, 2.24) is 5.32 Å². The Labute approximate surface area is 73.5 Å². The van der Waals surface area contributed by atoms with Gasteiger partial charge in [-0.3, -0.25) is 4.79 Å². The molecule has 0 aromatic rings. The molecule has 1 fully saturated rings. The summed E-state index contributed by atoms with van der Waals surface area (Å²) in [6.07, 6.45) is 0. The third-order valence-corrected chi connectivity index (χ3v) is 2.62. The lowest BCUT2D eigenvalue weighted by Crippen LogP contribution is -2.27. The molecule has 70 valence electrons. The Hall–Kier alpha value is -0.570. The number of carbonyl (C=O) groups excluding carboxylic acids is 1. The van der Waals surface area contributed by atoms with E-state index in [1.807, 2.05) is 0 Å². The van der Waals surface area contributed by atoms with Gasteiger partial charge in [-0.15, -0.1) is 0 Å². The number of esters is 1. The van der Waals surface area contributed by atoms with E-state index in [9.17, 15) is 4.79 Å².